The van der Waals surface area contributed by atoms with Crippen LogP contribution in [0.5, 0.6) is 0 Å². The zero-order valence-electron chi connectivity index (χ0n) is 10.5. The Morgan fingerprint density at radius 1 is 1.18 bits per heavy atom. The molecule has 0 N–H and O–H groups in total. The highest BCUT2D eigenvalue weighted by Crippen LogP contribution is 2.27. The monoisotopic (exact) mass is 222 g/mol. The normalized spacial score (nSPS) is 18.1. The Labute approximate surface area is 104 Å². The van der Waals surface area contributed by atoms with Gasteiger partial charge in [0, 0.05) is 0 Å². The van der Waals surface area contributed by atoms with E-state index in [1.54, 1.807) is 0 Å². The van der Waals surface area contributed by atoms with Gasteiger partial charge in [0.25, 0.3) is 0 Å². The molecule has 0 nitrogen and oxygen atoms in total. The Balaban J connectivity index is 2.68. The number of allylic oxidation sites excluding steroid dienone is 3. The fourth-order valence-electron chi connectivity index (χ4n) is 2.10. The van der Waals surface area contributed by atoms with Gasteiger partial charge in [0.2, 0.25) is 0 Å². The number of rotatable bonds is 2. The van der Waals surface area contributed by atoms with Crippen molar-refractivity contribution >= 4 is 24.3 Å². The van der Waals surface area contributed by atoms with Crippen molar-refractivity contribution in [3.63, 3.8) is 0 Å². The van der Waals surface area contributed by atoms with E-state index in [0.717, 1.165) is 0 Å². The van der Waals surface area contributed by atoms with Crippen molar-refractivity contribution in [3.8, 4) is 0 Å². The van der Waals surface area contributed by atoms with Crippen LogP contribution in [0.2, 0.25) is 0 Å². The summed E-state index contributed by atoms with van der Waals surface area (Å²) in [6.07, 6.45) is 15.1. The molecule has 0 aromatic heterocycles. The van der Waals surface area contributed by atoms with Gasteiger partial charge in [-0.3, -0.25) is 0 Å². The van der Waals surface area contributed by atoms with Gasteiger partial charge in [0.15, 0.2) is 0 Å². The second-order valence-corrected chi connectivity index (χ2v) is 4.35. The average molecular weight is 222 g/mol. The molecular weight excluding hydrogens is 204 g/mol. The molecule has 0 heterocycles. The predicted octanol–water partition coefficient (Wildman–Crippen LogP) is 5.04. The molecule has 0 bridgehead atoms. The summed E-state index contributed by atoms with van der Waals surface area (Å²) in [4.78, 5) is 0. The highest BCUT2D eigenvalue weighted by atomic mass is 14.1. The molecule has 1 unspecified atom stereocenters. The first-order valence-electron chi connectivity index (χ1n) is 6.04. The smallest absolute Gasteiger partial charge is 0.00752 e. The largest absolute Gasteiger partial charge is 0.0984 e. The fraction of sp³-hybridized carbons (Fsp3) is 0.176. The van der Waals surface area contributed by atoms with Crippen LogP contribution in [0.1, 0.15) is 36.1 Å². The van der Waals surface area contributed by atoms with Gasteiger partial charge < -0.3 is 0 Å². The van der Waals surface area contributed by atoms with Gasteiger partial charge in [-0.2, -0.15) is 0 Å². The van der Waals surface area contributed by atoms with Gasteiger partial charge in [-0.15, -0.1) is 0 Å². The van der Waals surface area contributed by atoms with Crippen LogP contribution in [0.15, 0.2) is 36.9 Å². The molecule has 1 atom stereocenters. The molecule has 0 saturated carbocycles. The maximum absolute atomic E-state index is 3.89. The summed E-state index contributed by atoms with van der Waals surface area (Å²) < 4.78 is 0. The summed E-state index contributed by atoms with van der Waals surface area (Å²) in [5.74, 6) is 0.494. The molecule has 2 rings (SSSR count). The van der Waals surface area contributed by atoms with Crippen molar-refractivity contribution < 1.29 is 0 Å². The Hall–Kier alpha value is -1.82. The first kappa shape index (κ1) is 11.7. The Morgan fingerprint density at radius 2 is 1.94 bits per heavy atom. The maximum atomic E-state index is 3.89. The number of hydrogen-bond acceptors (Lipinski definition) is 0. The fourth-order valence-corrected chi connectivity index (χ4v) is 2.10. The molecule has 1 aliphatic carbocycles. The van der Waals surface area contributed by atoms with Crippen molar-refractivity contribution in [3.05, 3.63) is 59.2 Å². The van der Waals surface area contributed by atoms with Crippen molar-refractivity contribution in [2.24, 2.45) is 5.92 Å². The van der Waals surface area contributed by atoms with Gasteiger partial charge in [0.05, 0.1) is 0 Å². The zero-order valence-corrected chi connectivity index (χ0v) is 10.5. The minimum absolute atomic E-state index is 0.494. The summed E-state index contributed by atoms with van der Waals surface area (Å²) in [6, 6.07) is 4.30. The molecule has 0 spiro atoms. The minimum Gasteiger partial charge on any atom is -0.0984 e. The lowest BCUT2D eigenvalue weighted by atomic mass is 9.95. The van der Waals surface area contributed by atoms with E-state index < -0.39 is 0 Å². The number of fused-ring (bicyclic) bond motifs is 1. The summed E-state index contributed by atoms with van der Waals surface area (Å²) in [5.41, 5.74) is 5.02. The summed E-state index contributed by atoms with van der Waals surface area (Å²) in [7, 11) is 0. The predicted molar refractivity (Wildman–Crippen MR) is 78.5 cm³/mol. The van der Waals surface area contributed by atoms with Crippen molar-refractivity contribution in [2.75, 3.05) is 0 Å². The van der Waals surface area contributed by atoms with Crippen LogP contribution in [0.4, 0.5) is 0 Å². The Bertz CT molecular complexity index is 513. The summed E-state index contributed by atoms with van der Waals surface area (Å²) >= 11 is 0. The Kier molecular flexibility index (Phi) is 3.43. The maximum Gasteiger partial charge on any atom is -0.00752 e. The molecular formula is C17H18. The molecule has 86 valence electrons. The zero-order chi connectivity index (χ0) is 12.3. The number of hydrogen-bond donors (Lipinski definition) is 0. The van der Waals surface area contributed by atoms with E-state index in [4.69, 9.17) is 0 Å². The van der Waals surface area contributed by atoms with E-state index in [-0.39, 0.29) is 0 Å². The summed E-state index contributed by atoms with van der Waals surface area (Å²) in [6.45, 7) is 8.13. The van der Waals surface area contributed by atoms with Gasteiger partial charge in [-0.05, 0) is 35.1 Å². The molecule has 1 aromatic rings. The second kappa shape index (κ2) is 5.01. The van der Waals surface area contributed by atoms with Crippen LogP contribution in [-0.4, -0.2) is 0 Å². The van der Waals surface area contributed by atoms with Gasteiger partial charge in [-0.25, -0.2) is 0 Å². The van der Waals surface area contributed by atoms with Crippen molar-refractivity contribution in [1.82, 2.24) is 0 Å². The molecule has 1 aliphatic rings. The first-order valence-corrected chi connectivity index (χ1v) is 6.04. The lowest BCUT2D eigenvalue weighted by Crippen LogP contribution is -1.90. The third kappa shape index (κ3) is 2.31. The van der Waals surface area contributed by atoms with Crippen LogP contribution in [-0.2, 0) is 0 Å². The molecule has 0 radical (unpaired) electrons. The molecule has 0 amide bonds. The SMILES string of the molecule is C=Cc1ccc2c(c1/C=C\C)C=CC(C)C=C2. The topological polar surface area (TPSA) is 0 Å². The van der Waals surface area contributed by atoms with Crippen molar-refractivity contribution in [2.45, 2.75) is 13.8 Å². The summed E-state index contributed by atoms with van der Waals surface area (Å²) in [5, 5.41) is 0. The average Bonchev–Trinajstić information content (AvgIpc) is 2.53. The molecule has 0 heteroatoms. The van der Waals surface area contributed by atoms with Crippen LogP contribution in [0, 0.1) is 5.92 Å². The van der Waals surface area contributed by atoms with Gasteiger partial charge in [-0.1, -0.05) is 68.2 Å². The van der Waals surface area contributed by atoms with Crippen LogP contribution in [0.3, 0.4) is 0 Å². The quantitative estimate of drug-likeness (QED) is 0.657. The van der Waals surface area contributed by atoms with Gasteiger partial charge >= 0.3 is 0 Å². The molecule has 0 fully saturated rings. The van der Waals surface area contributed by atoms with E-state index in [2.05, 4.69) is 62.1 Å². The highest BCUT2D eigenvalue weighted by Gasteiger charge is 2.08. The third-order valence-electron chi connectivity index (χ3n) is 3.05. The number of benzene rings is 1. The van der Waals surface area contributed by atoms with Crippen LogP contribution >= 0.6 is 0 Å². The van der Waals surface area contributed by atoms with E-state index in [1.807, 2.05) is 13.0 Å². The van der Waals surface area contributed by atoms with E-state index in [1.165, 1.54) is 22.3 Å². The third-order valence-corrected chi connectivity index (χ3v) is 3.05. The lowest BCUT2D eigenvalue weighted by Gasteiger charge is -2.09. The molecule has 1 aromatic carbocycles. The second-order valence-electron chi connectivity index (χ2n) is 4.35. The minimum atomic E-state index is 0.494. The lowest BCUT2D eigenvalue weighted by molar-refractivity contribution is 0.954. The molecule has 0 saturated heterocycles. The Morgan fingerprint density at radius 3 is 2.65 bits per heavy atom. The first-order chi connectivity index (χ1) is 8.26. The molecule has 17 heavy (non-hydrogen) atoms. The van der Waals surface area contributed by atoms with E-state index in [0.29, 0.717) is 5.92 Å². The van der Waals surface area contributed by atoms with Crippen molar-refractivity contribution in [1.29, 1.82) is 0 Å². The standard InChI is InChI=1S/C17H18/c1-4-6-16-14(5-2)10-11-15-9-7-13(3)8-12-17(15)16/h4-13H,2H2,1,3H3/b6-4-. The van der Waals surface area contributed by atoms with Crippen LogP contribution < -0.4 is 0 Å². The van der Waals surface area contributed by atoms with E-state index in [9.17, 15) is 0 Å². The highest BCUT2D eigenvalue weighted by molar-refractivity contribution is 5.80. The van der Waals surface area contributed by atoms with Gasteiger partial charge in [0.1, 0.15) is 0 Å². The van der Waals surface area contributed by atoms with Crippen LogP contribution in [0.25, 0.3) is 24.3 Å². The van der Waals surface area contributed by atoms with E-state index >= 15 is 0 Å². The molecule has 0 aliphatic heterocycles.